The minimum Gasteiger partial charge on any atom is -0.465 e. The average Bonchev–Trinajstić information content (AvgIpc) is 3.08. The van der Waals surface area contributed by atoms with E-state index >= 15 is 0 Å². The molecule has 0 spiro atoms. The number of hydrogen-bond donors (Lipinski definition) is 0. The lowest BCUT2D eigenvalue weighted by molar-refractivity contribution is -0.143. The van der Waals surface area contributed by atoms with Crippen LogP contribution in [0.3, 0.4) is 0 Å². The predicted molar refractivity (Wildman–Crippen MR) is 123 cm³/mol. The summed E-state index contributed by atoms with van der Waals surface area (Å²) < 4.78 is 7.39. The lowest BCUT2D eigenvalue weighted by atomic mass is 10.1. The van der Waals surface area contributed by atoms with Crippen LogP contribution in [0.1, 0.15) is 23.0 Å². The van der Waals surface area contributed by atoms with Gasteiger partial charge in [-0.05, 0) is 50.2 Å². The molecule has 2 aromatic heterocycles. The molecule has 0 N–H and O–H groups in total. The maximum atomic E-state index is 12.9. The topological polar surface area (TPSA) is 73.6 Å². The minimum atomic E-state index is -0.459. The zero-order chi connectivity index (χ0) is 22.1. The molecular weight excluding hydrogens is 457 g/mol. The molecule has 2 heterocycles. The van der Waals surface area contributed by atoms with Crippen LogP contribution >= 0.6 is 34.5 Å². The van der Waals surface area contributed by atoms with Crippen molar-refractivity contribution >= 4 is 67.5 Å². The van der Waals surface area contributed by atoms with Crippen LogP contribution in [0.25, 0.3) is 21.1 Å². The molecule has 0 atom stereocenters. The van der Waals surface area contributed by atoms with Crippen LogP contribution in [-0.4, -0.2) is 28.0 Å². The molecular formula is C22H17Cl2N3O3S. The van der Waals surface area contributed by atoms with Crippen molar-refractivity contribution in [2.75, 3.05) is 6.61 Å². The van der Waals surface area contributed by atoms with Crippen molar-refractivity contribution in [2.45, 2.75) is 20.4 Å². The number of hydrogen-bond acceptors (Lipinski definition) is 5. The second kappa shape index (κ2) is 8.78. The second-order valence-corrected chi connectivity index (χ2v) is 8.56. The van der Waals surface area contributed by atoms with Crippen molar-refractivity contribution in [1.29, 1.82) is 0 Å². The highest BCUT2D eigenvalue weighted by molar-refractivity contribution is 7.16. The Morgan fingerprint density at radius 1 is 1.16 bits per heavy atom. The summed E-state index contributed by atoms with van der Waals surface area (Å²) in [7, 11) is 0. The first-order valence-corrected chi connectivity index (χ1v) is 11.0. The van der Waals surface area contributed by atoms with Gasteiger partial charge in [-0.1, -0.05) is 40.6 Å². The molecule has 1 amide bonds. The second-order valence-electron chi connectivity index (χ2n) is 6.76. The Balaban J connectivity index is 1.84. The number of ether oxygens (including phenoxy) is 1. The molecule has 0 saturated carbocycles. The molecule has 31 heavy (non-hydrogen) atoms. The minimum absolute atomic E-state index is 0.138. The van der Waals surface area contributed by atoms with E-state index < -0.39 is 11.9 Å². The summed E-state index contributed by atoms with van der Waals surface area (Å²) in [5.74, 6) is -0.895. The SMILES string of the molecule is CCOC(=O)Cn1c(=NC(=O)c2ccc3nc(C)ccc3c2)sc2ccc(Cl)c(Cl)c21. The molecule has 0 aliphatic rings. The third kappa shape index (κ3) is 4.35. The van der Waals surface area contributed by atoms with E-state index in [1.54, 1.807) is 41.8 Å². The molecule has 0 saturated heterocycles. The van der Waals surface area contributed by atoms with Crippen LogP contribution in [-0.2, 0) is 16.1 Å². The molecule has 0 unspecified atom stereocenters. The molecule has 4 rings (SSSR count). The Morgan fingerprint density at radius 2 is 1.97 bits per heavy atom. The summed E-state index contributed by atoms with van der Waals surface area (Å²) >= 11 is 13.8. The Bertz CT molecular complexity index is 1410. The average molecular weight is 474 g/mol. The number of pyridine rings is 1. The molecule has 0 fully saturated rings. The fourth-order valence-electron chi connectivity index (χ4n) is 3.18. The molecule has 0 bridgehead atoms. The quantitative estimate of drug-likeness (QED) is 0.383. The Hall–Kier alpha value is -2.74. The number of carbonyl (C=O) groups is 2. The fraction of sp³-hybridized carbons (Fsp3) is 0.182. The normalized spacial score (nSPS) is 11.9. The summed E-state index contributed by atoms with van der Waals surface area (Å²) in [5, 5.41) is 1.48. The zero-order valence-electron chi connectivity index (χ0n) is 16.7. The molecule has 6 nitrogen and oxygen atoms in total. The predicted octanol–water partition coefficient (Wildman–Crippen LogP) is 5.17. The highest BCUT2D eigenvalue weighted by Crippen LogP contribution is 2.32. The number of esters is 1. The van der Waals surface area contributed by atoms with E-state index in [1.807, 2.05) is 19.1 Å². The molecule has 0 aliphatic heterocycles. The summed E-state index contributed by atoms with van der Waals surface area (Å²) in [6.45, 7) is 3.74. The first-order valence-electron chi connectivity index (χ1n) is 9.47. The molecule has 2 aromatic carbocycles. The number of nitrogens with zero attached hydrogens (tertiary/aromatic N) is 3. The van der Waals surface area contributed by atoms with Gasteiger partial charge in [-0.25, -0.2) is 0 Å². The lowest BCUT2D eigenvalue weighted by Crippen LogP contribution is -2.23. The Labute approximate surface area is 191 Å². The number of carbonyl (C=O) groups excluding carboxylic acids is 2. The van der Waals surface area contributed by atoms with Crippen LogP contribution in [0.4, 0.5) is 0 Å². The van der Waals surface area contributed by atoms with Crippen LogP contribution in [0.15, 0.2) is 47.5 Å². The lowest BCUT2D eigenvalue weighted by Gasteiger charge is -2.07. The highest BCUT2D eigenvalue weighted by Gasteiger charge is 2.17. The van der Waals surface area contributed by atoms with Gasteiger partial charge < -0.3 is 9.30 Å². The van der Waals surface area contributed by atoms with Crippen LogP contribution in [0, 0.1) is 6.92 Å². The first-order chi connectivity index (χ1) is 14.9. The number of benzene rings is 2. The van der Waals surface area contributed by atoms with E-state index in [-0.39, 0.29) is 13.2 Å². The summed E-state index contributed by atoms with van der Waals surface area (Å²) in [4.78, 5) is 34.2. The van der Waals surface area contributed by atoms with Crippen molar-refractivity contribution in [3.05, 3.63) is 68.6 Å². The van der Waals surface area contributed by atoms with Crippen molar-refractivity contribution in [1.82, 2.24) is 9.55 Å². The third-order valence-corrected chi connectivity index (χ3v) is 6.44. The molecule has 9 heteroatoms. The van der Waals surface area contributed by atoms with E-state index in [0.717, 1.165) is 21.3 Å². The maximum absolute atomic E-state index is 12.9. The van der Waals surface area contributed by atoms with Gasteiger partial charge in [-0.3, -0.25) is 14.6 Å². The zero-order valence-corrected chi connectivity index (χ0v) is 19.0. The van der Waals surface area contributed by atoms with Crippen molar-refractivity contribution < 1.29 is 14.3 Å². The van der Waals surface area contributed by atoms with Crippen LogP contribution in [0.2, 0.25) is 10.0 Å². The van der Waals surface area contributed by atoms with Crippen LogP contribution in [0.5, 0.6) is 0 Å². The van der Waals surface area contributed by atoms with Gasteiger partial charge in [0.05, 0.1) is 32.4 Å². The summed E-state index contributed by atoms with van der Waals surface area (Å²) in [5.41, 5.74) is 2.66. The maximum Gasteiger partial charge on any atom is 0.326 e. The highest BCUT2D eigenvalue weighted by atomic mass is 35.5. The molecule has 0 aliphatic carbocycles. The Kier molecular flexibility index (Phi) is 6.09. The van der Waals surface area contributed by atoms with Crippen molar-refractivity contribution in [3.63, 3.8) is 0 Å². The van der Waals surface area contributed by atoms with E-state index in [4.69, 9.17) is 27.9 Å². The van der Waals surface area contributed by atoms with Gasteiger partial charge in [0.15, 0.2) is 4.80 Å². The smallest absolute Gasteiger partial charge is 0.326 e. The van der Waals surface area contributed by atoms with Gasteiger partial charge in [0.1, 0.15) is 6.54 Å². The third-order valence-electron chi connectivity index (χ3n) is 4.60. The van der Waals surface area contributed by atoms with Crippen molar-refractivity contribution in [3.8, 4) is 0 Å². The van der Waals surface area contributed by atoms with Gasteiger partial charge >= 0.3 is 5.97 Å². The van der Waals surface area contributed by atoms with Crippen molar-refractivity contribution in [2.24, 2.45) is 4.99 Å². The monoisotopic (exact) mass is 473 g/mol. The molecule has 158 valence electrons. The number of aromatic nitrogens is 2. The number of amides is 1. The Morgan fingerprint density at radius 3 is 2.74 bits per heavy atom. The number of aryl methyl sites for hydroxylation is 1. The van der Waals surface area contributed by atoms with E-state index in [0.29, 0.717) is 25.9 Å². The van der Waals surface area contributed by atoms with Gasteiger partial charge in [0.2, 0.25) is 0 Å². The molecule has 4 aromatic rings. The largest absolute Gasteiger partial charge is 0.465 e. The van der Waals surface area contributed by atoms with Gasteiger partial charge in [0, 0.05) is 16.6 Å². The van der Waals surface area contributed by atoms with Gasteiger partial charge in [0.25, 0.3) is 5.91 Å². The van der Waals surface area contributed by atoms with E-state index in [1.165, 1.54) is 11.3 Å². The number of fused-ring (bicyclic) bond motifs is 2. The van der Waals surface area contributed by atoms with E-state index in [2.05, 4.69) is 9.98 Å². The summed E-state index contributed by atoms with van der Waals surface area (Å²) in [6.07, 6.45) is 0. The van der Waals surface area contributed by atoms with E-state index in [9.17, 15) is 9.59 Å². The van der Waals surface area contributed by atoms with Gasteiger partial charge in [-0.15, -0.1) is 0 Å². The molecule has 0 radical (unpaired) electrons. The number of halogens is 2. The summed E-state index contributed by atoms with van der Waals surface area (Å²) in [6, 6.07) is 12.5. The number of thiazole rings is 1. The van der Waals surface area contributed by atoms with Gasteiger partial charge in [-0.2, -0.15) is 4.99 Å². The standard InChI is InChI=1S/C22H17Cl2N3O3S/c1-3-30-18(28)11-27-20-17(9-7-15(23)19(20)24)31-22(27)26-21(29)14-6-8-16-13(10-14)5-4-12(2)25-16/h4-10H,3,11H2,1-2H3. The first kappa shape index (κ1) is 21.5. The number of rotatable bonds is 4. The fourth-order valence-corrected chi connectivity index (χ4v) is 4.69. The van der Waals surface area contributed by atoms with Crippen LogP contribution < -0.4 is 4.80 Å².